The zero-order chi connectivity index (χ0) is 14.1. The topological polar surface area (TPSA) is 44.5 Å². The van der Waals surface area contributed by atoms with Crippen molar-refractivity contribution in [2.45, 2.75) is 43.7 Å². The number of hydrogen-bond acceptors (Lipinski definition) is 3. The first-order valence-corrected chi connectivity index (χ1v) is 7.75. The molecular formula is C17H25NO2. The first-order valence-electron chi connectivity index (χ1n) is 7.75. The van der Waals surface area contributed by atoms with Crippen LogP contribution in [0.1, 0.15) is 38.2 Å². The van der Waals surface area contributed by atoms with E-state index in [4.69, 9.17) is 15.2 Å². The summed E-state index contributed by atoms with van der Waals surface area (Å²) in [6.45, 7) is 4.56. The van der Waals surface area contributed by atoms with Crippen LogP contribution in [0.3, 0.4) is 0 Å². The van der Waals surface area contributed by atoms with Crippen LogP contribution in [-0.4, -0.2) is 25.4 Å². The van der Waals surface area contributed by atoms with Crippen LogP contribution in [0, 0.1) is 5.92 Å². The Bertz CT molecular complexity index is 442. The van der Waals surface area contributed by atoms with Gasteiger partial charge in [-0.25, -0.2) is 0 Å². The molecule has 2 aliphatic rings. The Morgan fingerprint density at radius 3 is 2.75 bits per heavy atom. The van der Waals surface area contributed by atoms with Crippen LogP contribution in [0.5, 0.6) is 0 Å². The maximum atomic E-state index is 6.85. The monoisotopic (exact) mass is 275 g/mol. The molecule has 110 valence electrons. The number of ether oxygens (including phenoxy) is 2. The molecule has 2 heterocycles. The van der Waals surface area contributed by atoms with Crippen LogP contribution in [0.25, 0.3) is 0 Å². The third-order valence-electron chi connectivity index (χ3n) is 5.18. The molecule has 2 aliphatic heterocycles. The predicted octanol–water partition coefficient (Wildman–Crippen LogP) is 2.84. The van der Waals surface area contributed by atoms with Crippen molar-refractivity contribution in [2.75, 3.05) is 19.8 Å². The van der Waals surface area contributed by atoms with E-state index in [-0.39, 0.29) is 11.1 Å². The van der Waals surface area contributed by atoms with Crippen molar-refractivity contribution in [2.24, 2.45) is 11.7 Å². The second kappa shape index (κ2) is 5.47. The van der Waals surface area contributed by atoms with Gasteiger partial charge in [-0.3, -0.25) is 0 Å². The minimum atomic E-state index is -0.249. The lowest BCUT2D eigenvalue weighted by Crippen LogP contribution is -2.51. The maximum Gasteiger partial charge on any atom is 0.0940 e. The molecule has 1 spiro atoms. The van der Waals surface area contributed by atoms with Crippen LogP contribution in [-0.2, 0) is 15.0 Å². The highest BCUT2D eigenvalue weighted by atomic mass is 16.6. The van der Waals surface area contributed by atoms with Gasteiger partial charge in [0.2, 0.25) is 0 Å². The van der Waals surface area contributed by atoms with E-state index in [9.17, 15) is 0 Å². The van der Waals surface area contributed by atoms with Crippen molar-refractivity contribution in [3.8, 4) is 0 Å². The average molecular weight is 275 g/mol. The van der Waals surface area contributed by atoms with E-state index >= 15 is 0 Å². The highest BCUT2D eigenvalue weighted by Gasteiger charge is 2.46. The summed E-state index contributed by atoms with van der Waals surface area (Å²) in [6.07, 6.45) is 4.03. The summed E-state index contributed by atoms with van der Waals surface area (Å²) in [7, 11) is 0. The van der Waals surface area contributed by atoms with E-state index in [2.05, 4.69) is 37.3 Å². The number of rotatable bonds is 3. The normalized spacial score (nSPS) is 33.2. The number of nitrogens with two attached hydrogens (primary N) is 1. The Balaban J connectivity index is 1.85. The van der Waals surface area contributed by atoms with Crippen molar-refractivity contribution >= 4 is 0 Å². The molecule has 1 aromatic carbocycles. The van der Waals surface area contributed by atoms with Gasteiger partial charge in [-0.15, -0.1) is 0 Å². The molecule has 20 heavy (non-hydrogen) atoms. The summed E-state index contributed by atoms with van der Waals surface area (Å²) in [5, 5.41) is 0. The van der Waals surface area contributed by atoms with Gasteiger partial charge in [0.15, 0.2) is 0 Å². The van der Waals surface area contributed by atoms with Gasteiger partial charge in [-0.2, -0.15) is 0 Å². The van der Waals surface area contributed by atoms with E-state index < -0.39 is 0 Å². The van der Waals surface area contributed by atoms with Crippen molar-refractivity contribution in [3.63, 3.8) is 0 Å². The Morgan fingerprint density at radius 1 is 1.30 bits per heavy atom. The first-order chi connectivity index (χ1) is 9.69. The molecule has 0 radical (unpaired) electrons. The van der Waals surface area contributed by atoms with Gasteiger partial charge in [0.25, 0.3) is 0 Å². The molecular weight excluding hydrogens is 250 g/mol. The van der Waals surface area contributed by atoms with Gasteiger partial charge in [0.1, 0.15) is 0 Å². The van der Waals surface area contributed by atoms with Crippen molar-refractivity contribution in [1.29, 1.82) is 0 Å². The van der Waals surface area contributed by atoms with E-state index in [0.29, 0.717) is 5.92 Å². The first kappa shape index (κ1) is 14.1. The molecule has 0 saturated carbocycles. The lowest BCUT2D eigenvalue weighted by molar-refractivity contribution is -0.110. The highest BCUT2D eigenvalue weighted by Crippen LogP contribution is 2.44. The molecule has 2 saturated heterocycles. The summed E-state index contributed by atoms with van der Waals surface area (Å²) < 4.78 is 11.6. The molecule has 0 bridgehead atoms. The van der Waals surface area contributed by atoms with Crippen molar-refractivity contribution in [1.82, 2.24) is 0 Å². The highest BCUT2D eigenvalue weighted by molar-refractivity contribution is 5.25. The molecule has 2 N–H and O–H groups in total. The number of benzene rings is 1. The van der Waals surface area contributed by atoms with Gasteiger partial charge >= 0.3 is 0 Å². The quantitative estimate of drug-likeness (QED) is 0.922. The standard InChI is InChI=1S/C17H25NO2/c1-2-17(18,14-6-4-3-5-7-14)15-8-10-20-16(12-15)9-11-19-13-16/h3-7,15H,2,8-13,18H2,1H3. The Hall–Kier alpha value is -0.900. The SMILES string of the molecule is CCC(N)(c1ccccc1)C1CCOC2(CCOC2)C1. The molecule has 1 aromatic rings. The zero-order valence-corrected chi connectivity index (χ0v) is 12.3. The largest absolute Gasteiger partial charge is 0.378 e. The molecule has 2 fully saturated rings. The third kappa shape index (κ3) is 2.39. The van der Waals surface area contributed by atoms with Gasteiger partial charge in [-0.05, 0) is 30.7 Å². The van der Waals surface area contributed by atoms with Gasteiger partial charge < -0.3 is 15.2 Å². The minimum absolute atomic E-state index is 0.0719. The second-order valence-electron chi connectivity index (χ2n) is 6.28. The van der Waals surface area contributed by atoms with Crippen LogP contribution in [0.2, 0.25) is 0 Å². The third-order valence-corrected chi connectivity index (χ3v) is 5.18. The molecule has 3 heteroatoms. The average Bonchev–Trinajstić information content (AvgIpc) is 2.95. The Labute approximate surface area is 121 Å². The smallest absolute Gasteiger partial charge is 0.0940 e. The molecule has 0 amide bonds. The van der Waals surface area contributed by atoms with Gasteiger partial charge in [0, 0.05) is 25.2 Å². The van der Waals surface area contributed by atoms with E-state index in [1.165, 1.54) is 5.56 Å². The van der Waals surface area contributed by atoms with Crippen molar-refractivity contribution in [3.05, 3.63) is 35.9 Å². The van der Waals surface area contributed by atoms with Crippen LogP contribution < -0.4 is 5.73 Å². The Morgan fingerprint density at radius 2 is 2.10 bits per heavy atom. The van der Waals surface area contributed by atoms with Crippen LogP contribution >= 0.6 is 0 Å². The lowest BCUT2D eigenvalue weighted by atomic mass is 9.69. The number of hydrogen-bond donors (Lipinski definition) is 1. The minimum Gasteiger partial charge on any atom is -0.378 e. The lowest BCUT2D eigenvalue weighted by Gasteiger charge is -2.45. The summed E-state index contributed by atoms with van der Waals surface area (Å²) in [5.74, 6) is 0.463. The zero-order valence-electron chi connectivity index (χ0n) is 12.3. The molecule has 0 aliphatic carbocycles. The maximum absolute atomic E-state index is 6.85. The summed E-state index contributed by atoms with van der Waals surface area (Å²) in [5.41, 5.74) is 7.78. The fraction of sp³-hybridized carbons (Fsp3) is 0.647. The summed E-state index contributed by atoms with van der Waals surface area (Å²) in [4.78, 5) is 0. The van der Waals surface area contributed by atoms with Gasteiger partial charge in [-0.1, -0.05) is 37.3 Å². The summed E-state index contributed by atoms with van der Waals surface area (Å²) >= 11 is 0. The van der Waals surface area contributed by atoms with Crippen molar-refractivity contribution < 1.29 is 9.47 Å². The molecule has 3 nitrogen and oxygen atoms in total. The van der Waals surface area contributed by atoms with E-state index in [1.807, 2.05) is 0 Å². The van der Waals surface area contributed by atoms with Gasteiger partial charge in [0.05, 0.1) is 12.2 Å². The summed E-state index contributed by atoms with van der Waals surface area (Å²) in [6, 6.07) is 10.5. The van der Waals surface area contributed by atoms with E-state index in [1.54, 1.807) is 0 Å². The predicted molar refractivity (Wildman–Crippen MR) is 79.4 cm³/mol. The fourth-order valence-corrected chi connectivity index (χ4v) is 3.81. The van der Waals surface area contributed by atoms with Crippen LogP contribution in [0.4, 0.5) is 0 Å². The molecule has 3 rings (SSSR count). The fourth-order valence-electron chi connectivity index (χ4n) is 3.81. The molecule has 3 atom stereocenters. The second-order valence-corrected chi connectivity index (χ2v) is 6.28. The van der Waals surface area contributed by atoms with E-state index in [0.717, 1.165) is 45.5 Å². The Kier molecular flexibility index (Phi) is 3.85. The molecule has 0 aromatic heterocycles. The molecule has 3 unspecified atom stereocenters. The van der Waals surface area contributed by atoms with Crippen LogP contribution in [0.15, 0.2) is 30.3 Å².